The maximum atomic E-state index is 15.6. The number of rotatable bonds is 14. The molecule has 7 nitrogen and oxygen atoms in total. The fourth-order valence-corrected chi connectivity index (χ4v) is 8.21. The van der Waals surface area contributed by atoms with Crippen LogP contribution in [0.15, 0.2) is 70.8 Å². The second-order valence-corrected chi connectivity index (χ2v) is 16.0. The number of nitrogens with zero attached hydrogens (tertiary/aromatic N) is 4. The summed E-state index contributed by atoms with van der Waals surface area (Å²) in [6, 6.07) is 12.8. The van der Waals surface area contributed by atoms with Gasteiger partial charge in [-0.2, -0.15) is 4.31 Å². The Morgan fingerprint density at radius 3 is 2.30 bits per heavy atom. The molecule has 4 rings (SSSR count). The van der Waals surface area contributed by atoms with Crippen LogP contribution in [0, 0.1) is 17.5 Å². The summed E-state index contributed by atoms with van der Waals surface area (Å²) in [5.74, 6) is -1.51. The second kappa shape index (κ2) is 14.6. The number of benzene rings is 3. The van der Waals surface area contributed by atoms with Crippen molar-refractivity contribution < 1.29 is 30.8 Å². The summed E-state index contributed by atoms with van der Waals surface area (Å²) in [5.41, 5.74) is 1.47. The first kappa shape index (κ1) is 36.8. The molecule has 0 atom stereocenters. The summed E-state index contributed by atoms with van der Waals surface area (Å²) in [6.07, 6.45) is 2.32. The van der Waals surface area contributed by atoms with Crippen molar-refractivity contribution in [3.05, 3.63) is 100 Å². The molecule has 0 radical (unpaired) electrons. The van der Waals surface area contributed by atoms with E-state index < -0.39 is 32.9 Å². The van der Waals surface area contributed by atoms with Crippen molar-refractivity contribution in [2.24, 2.45) is 0 Å². The van der Waals surface area contributed by atoms with Gasteiger partial charge in [0.05, 0.1) is 51.6 Å². The van der Waals surface area contributed by atoms with Crippen molar-refractivity contribution in [2.75, 3.05) is 47.9 Å². The lowest BCUT2D eigenvalue weighted by molar-refractivity contribution is -0.870. The standard InChI is InChI=1S/C34H41ClF3N4O3S2/c1-8-40(16-9-17-42(4,5)6)47(43,44)26-19-28(35)27(30(38)20-26)22-46-33-39-21-32(41(33)25-13-11-24(36)12-14-25)34(2,3)23-10-15-29(37)31(18-23)45-7/h10-15,18-21H,8-9,16-17,22H2,1-7H3/q+1. The molecule has 4 aromatic rings. The molecule has 1 heterocycles. The average molecular weight is 710 g/mol. The van der Waals surface area contributed by atoms with E-state index in [0.717, 1.165) is 18.2 Å². The largest absolute Gasteiger partial charge is 0.494 e. The van der Waals surface area contributed by atoms with Gasteiger partial charge in [0.1, 0.15) is 11.6 Å². The summed E-state index contributed by atoms with van der Waals surface area (Å²) in [5, 5.41) is 0.452. The predicted molar refractivity (Wildman–Crippen MR) is 182 cm³/mol. The Balaban J connectivity index is 1.67. The zero-order valence-corrected chi connectivity index (χ0v) is 30.0. The number of hydrogen-bond acceptors (Lipinski definition) is 5. The molecule has 0 unspecified atom stereocenters. The smallest absolute Gasteiger partial charge is 0.243 e. The molecule has 1 aromatic heterocycles. The van der Waals surface area contributed by atoms with Gasteiger partial charge in [0.2, 0.25) is 10.0 Å². The molecule has 0 aliphatic rings. The molecular weight excluding hydrogens is 669 g/mol. The molecule has 3 aromatic carbocycles. The van der Waals surface area contributed by atoms with Gasteiger partial charge in [0, 0.05) is 47.0 Å². The van der Waals surface area contributed by atoms with Crippen LogP contribution in [-0.2, 0) is 21.2 Å². The van der Waals surface area contributed by atoms with Crippen LogP contribution < -0.4 is 4.74 Å². The van der Waals surface area contributed by atoms with E-state index in [9.17, 15) is 17.2 Å². The highest BCUT2D eigenvalue weighted by molar-refractivity contribution is 7.98. The minimum Gasteiger partial charge on any atom is -0.494 e. The van der Waals surface area contributed by atoms with E-state index >= 15 is 4.39 Å². The third kappa shape index (κ3) is 8.34. The van der Waals surface area contributed by atoms with E-state index in [-0.39, 0.29) is 33.5 Å². The SMILES string of the molecule is CCN(CCC[N+](C)(C)C)S(=O)(=O)c1cc(F)c(CSc2ncc(C(C)(C)c3ccc(F)c(OC)c3)n2-c2ccc(F)cc2)c(Cl)c1. The highest BCUT2D eigenvalue weighted by Crippen LogP contribution is 2.39. The van der Waals surface area contributed by atoms with E-state index in [2.05, 4.69) is 4.98 Å². The molecule has 254 valence electrons. The monoisotopic (exact) mass is 709 g/mol. The molecule has 0 aliphatic carbocycles. The van der Waals surface area contributed by atoms with Gasteiger partial charge in [0.25, 0.3) is 0 Å². The fraction of sp³-hybridized carbons (Fsp3) is 0.382. The number of aromatic nitrogens is 2. The number of hydrogen-bond donors (Lipinski definition) is 0. The minimum absolute atomic E-state index is 0.0164. The first-order valence-electron chi connectivity index (χ1n) is 15.1. The third-order valence-corrected chi connectivity index (χ3v) is 11.3. The number of methoxy groups -OCH3 is 1. The van der Waals surface area contributed by atoms with Crippen LogP contribution in [-0.4, -0.2) is 74.6 Å². The topological polar surface area (TPSA) is 64.4 Å². The van der Waals surface area contributed by atoms with Gasteiger partial charge in [0.15, 0.2) is 16.7 Å². The predicted octanol–water partition coefficient (Wildman–Crippen LogP) is 7.68. The molecule has 0 fully saturated rings. The van der Waals surface area contributed by atoms with Gasteiger partial charge in [-0.15, -0.1) is 0 Å². The summed E-state index contributed by atoms with van der Waals surface area (Å²) in [4.78, 5) is 4.43. The number of sulfonamides is 1. The van der Waals surface area contributed by atoms with Crippen molar-refractivity contribution in [3.8, 4) is 11.4 Å². The van der Waals surface area contributed by atoms with Crippen molar-refractivity contribution in [1.29, 1.82) is 0 Å². The third-order valence-electron chi connectivity index (χ3n) is 8.01. The van der Waals surface area contributed by atoms with Crippen LogP contribution in [0.2, 0.25) is 5.02 Å². The van der Waals surface area contributed by atoms with Crippen LogP contribution in [0.5, 0.6) is 5.75 Å². The molecule has 0 saturated heterocycles. The summed E-state index contributed by atoms with van der Waals surface area (Å²) in [6.45, 7) is 6.97. The molecule has 0 amide bonds. The maximum absolute atomic E-state index is 15.6. The molecule has 0 spiro atoms. The van der Waals surface area contributed by atoms with Gasteiger partial charge in [-0.25, -0.2) is 26.6 Å². The lowest BCUT2D eigenvalue weighted by Crippen LogP contribution is -2.39. The van der Waals surface area contributed by atoms with Gasteiger partial charge in [-0.05, 0) is 54.1 Å². The first-order chi connectivity index (χ1) is 22.0. The van der Waals surface area contributed by atoms with Crippen molar-refractivity contribution >= 4 is 33.4 Å². The summed E-state index contributed by atoms with van der Waals surface area (Å²) in [7, 11) is 3.52. The number of quaternary nitrogens is 1. The van der Waals surface area contributed by atoms with Gasteiger partial charge in [-0.3, -0.25) is 4.57 Å². The Labute approximate surface area is 285 Å². The van der Waals surface area contributed by atoms with Crippen LogP contribution in [0.25, 0.3) is 5.69 Å². The van der Waals surface area contributed by atoms with Gasteiger partial charge >= 0.3 is 0 Å². The van der Waals surface area contributed by atoms with Gasteiger partial charge in [-0.1, -0.05) is 50.2 Å². The Morgan fingerprint density at radius 2 is 1.70 bits per heavy atom. The minimum atomic E-state index is -3.98. The van der Waals surface area contributed by atoms with Crippen LogP contribution in [0.1, 0.15) is 44.0 Å². The highest BCUT2D eigenvalue weighted by atomic mass is 35.5. The number of imidazole rings is 1. The number of halogens is 4. The quantitative estimate of drug-likeness (QED) is 0.0994. The molecule has 0 bridgehead atoms. The van der Waals surface area contributed by atoms with E-state index in [1.807, 2.05) is 39.6 Å². The zero-order valence-electron chi connectivity index (χ0n) is 27.7. The zero-order chi connectivity index (χ0) is 34.7. The normalized spacial score (nSPS) is 12.6. The van der Waals surface area contributed by atoms with Crippen molar-refractivity contribution in [3.63, 3.8) is 0 Å². The lowest BCUT2D eigenvalue weighted by Gasteiger charge is -2.28. The Morgan fingerprint density at radius 1 is 1.02 bits per heavy atom. The summed E-state index contributed by atoms with van der Waals surface area (Å²) >= 11 is 7.74. The van der Waals surface area contributed by atoms with Crippen molar-refractivity contribution in [1.82, 2.24) is 13.9 Å². The average Bonchev–Trinajstić information content (AvgIpc) is 3.43. The van der Waals surface area contributed by atoms with Gasteiger partial charge < -0.3 is 9.22 Å². The van der Waals surface area contributed by atoms with Crippen LogP contribution in [0.3, 0.4) is 0 Å². The lowest BCUT2D eigenvalue weighted by atomic mass is 9.81. The fourth-order valence-electron chi connectivity index (χ4n) is 5.24. The highest BCUT2D eigenvalue weighted by Gasteiger charge is 2.31. The Kier molecular flexibility index (Phi) is 11.4. The molecule has 47 heavy (non-hydrogen) atoms. The maximum Gasteiger partial charge on any atom is 0.243 e. The molecular formula is C34H41ClF3N4O3S2+. The van der Waals surface area contributed by atoms with E-state index in [1.54, 1.807) is 37.4 Å². The van der Waals surface area contributed by atoms with E-state index in [4.69, 9.17) is 16.3 Å². The molecule has 0 N–H and O–H groups in total. The summed E-state index contributed by atoms with van der Waals surface area (Å²) < 4.78 is 79.7. The number of ether oxygens (including phenoxy) is 1. The molecule has 0 saturated carbocycles. The van der Waals surface area contributed by atoms with Crippen LogP contribution >= 0.6 is 23.4 Å². The van der Waals surface area contributed by atoms with E-state index in [0.29, 0.717) is 34.0 Å². The molecule has 0 aliphatic heterocycles. The van der Waals surface area contributed by atoms with E-state index in [1.165, 1.54) is 47.4 Å². The van der Waals surface area contributed by atoms with Crippen molar-refractivity contribution in [2.45, 2.75) is 48.4 Å². The Bertz CT molecular complexity index is 1800. The van der Waals surface area contributed by atoms with Crippen LogP contribution in [0.4, 0.5) is 13.2 Å². The number of thioether (sulfide) groups is 1. The Hall–Kier alpha value is -3.03. The first-order valence-corrected chi connectivity index (χ1v) is 17.9. The molecule has 13 heteroatoms. The second-order valence-electron chi connectivity index (χ2n) is 12.7.